The van der Waals surface area contributed by atoms with Gasteiger partial charge in [0, 0.05) is 30.9 Å². The molecule has 0 unspecified atom stereocenters. The van der Waals surface area contributed by atoms with Crippen molar-refractivity contribution >= 4 is 11.6 Å². The first-order valence-electron chi connectivity index (χ1n) is 7.63. The summed E-state index contributed by atoms with van der Waals surface area (Å²) in [5.74, 6) is -0.141. The molecule has 3 rings (SSSR count). The molecule has 2 aromatic rings. The van der Waals surface area contributed by atoms with Gasteiger partial charge in [-0.05, 0) is 37.1 Å². The quantitative estimate of drug-likeness (QED) is 0.908. The van der Waals surface area contributed by atoms with Gasteiger partial charge in [-0.1, -0.05) is 5.16 Å². The Kier molecular flexibility index (Phi) is 4.93. The van der Waals surface area contributed by atoms with Crippen LogP contribution in [0.1, 0.15) is 23.3 Å². The van der Waals surface area contributed by atoms with Crippen LogP contribution in [0.5, 0.6) is 5.75 Å². The Balaban J connectivity index is 1.59. The predicted octanol–water partition coefficient (Wildman–Crippen LogP) is 2.67. The van der Waals surface area contributed by atoms with Crippen LogP contribution in [0.2, 0.25) is 0 Å². The molecule has 1 N–H and O–H groups in total. The second-order valence-electron chi connectivity index (χ2n) is 5.52. The third-order valence-electron chi connectivity index (χ3n) is 3.85. The first kappa shape index (κ1) is 16.2. The van der Waals surface area contributed by atoms with E-state index in [-0.39, 0.29) is 23.4 Å². The summed E-state index contributed by atoms with van der Waals surface area (Å²) in [4.78, 5) is 14.1. The molecule has 1 aliphatic rings. The van der Waals surface area contributed by atoms with Crippen molar-refractivity contribution in [3.05, 3.63) is 42.3 Å². The molecule has 1 aliphatic heterocycles. The Morgan fingerprint density at radius 2 is 2.12 bits per heavy atom. The van der Waals surface area contributed by atoms with Gasteiger partial charge in [0.1, 0.15) is 12.0 Å². The Hall–Kier alpha value is -2.64. The van der Waals surface area contributed by atoms with Crippen LogP contribution in [0.4, 0.5) is 14.5 Å². The fourth-order valence-electron chi connectivity index (χ4n) is 2.76. The molecule has 1 amide bonds. The average Bonchev–Trinajstić information content (AvgIpc) is 3.10. The number of hydrogen-bond donors (Lipinski definition) is 1. The second kappa shape index (κ2) is 7.29. The number of rotatable bonds is 5. The van der Waals surface area contributed by atoms with Gasteiger partial charge >= 0.3 is 6.61 Å². The van der Waals surface area contributed by atoms with Gasteiger partial charge in [-0.25, -0.2) is 0 Å². The number of amides is 1. The number of hydrogen-bond acceptors (Lipinski definition) is 5. The SMILES string of the molecule is O=C(N[C@@H]1CCCN(c2ccc(OC(F)F)cc2)C1)c1ccon1. The molecule has 24 heavy (non-hydrogen) atoms. The first-order valence-corrected chi connectivity index (χ1v) is 7.63. The summed E-state index contributed by atoms with van der Waals surface area (Å²) in [5.41, 5.74) is 1.15. The number of carbonyl (C=O) groups excluding carboxylic acids is 1. The van der Waals surface area contributed by atoms with Crippen LogP contribution in [-0.4, -0.2) is 36.8 Å². The van der Waals surface area contributed by atoms with E-state index in [4.69, 9.17) is 0 Å². The van der Waals surface area contributed by atoms with Crippen molar-refractivity contribution in [2.24, 2.45) is 0 Å². The molecule has 1 atom stereocenters. The number of nitrogens with zero attached hydrogens (tertiary/aromatic N) is 2. The van der Waals surface area contributed by atoms with Gasteiger partial charge in [0.05, 0.1) is 0 Å². The molecule has 1 fully saturated rings. The van der Waals surface area contributed by atoms with Crippen molar-refractivity contribution in [2.75, 3.05) is 18.0 Å². The van der Waals surface area contributed by atoms with Gasteiger partial charge in [-0.15, -0.1) is 0 Å². The van der Waals surface area contributed by atoms with E-state index >= 15 is 0 Å². The molecule has 0 bridgehead atoms. The predicted molar refractivity (Wildman–Crippen MR) is 82.3 cm³/mol. The smallest absolute Gasteiger partial charge is 0.387 e. The van der Waals surface area contributed by atoms with E-state index in [2.05, 4.69) is 24.6 Å². The highest BCUT2D eigenvalue weighted by Crippen LogP contribution is 2.24. The molecule has 1 aromatic heterocycles. The van der Waals surface area contributed by atoms with Crippen LogP contribution in [0.25, 0.3) is 0 Å². The summed E-state index contributed by atoms with van der Waals surface area (Å²) in [6, 6.07) is 7.99. The van der Waals surface area contributed by atoms with E-state index in [0.717, 1.165) is 25.1 Å². The Morgan fingerprint density at radius 1 is 1.33 bits per heavy atom. The number of aromatic nitrogens is 1. The van der Waals surface area contributed by atoms with Gasteiger partial charge in [0.25, 0.3) is 5.91 Å². The monoisotopic (exact) mass is 337 g/mol. The third kappa shape index (κ3) is 4.01. The van der Waals surface area contributed by atoms with E-state index in [1.807, 2.05) is 0 Å². The standard InChI is InChI=1S/C16H17F2N3O3/c17-16(18)24-13-5-3-12(4-6-13)21-8-1-2-11(10-21)19-15(22)14-7-9-23-20-14/h3-7,9,11,16H,1-2,8,10H2,(H,19,22)/t11-/m1/s1. The second-order valence-corrected chi connectivity index (χ2v) is 5.52. The van der Waals surface area contributed by atoms with E-state index in [0.29, 0.717) is 6.54 Å². The molecular weight excluding hydrogens is 320 g/mol. The van der Waals surface area contributed by atoms with Gasteiger partial charge in [0.15, 0.2) is 5.69 Å². The lowest BCUT2D eigenvalue weighted by Gasteiger charge is -2.34. The topological polar surface area (TPSA) is 67.6 Å². The van der Waals surface area contributed by atoms with Crippen molar-refractivity contribution < 1.29 is 22.8 Å². The number of piperidine rings is 1. The maximum atomic E-state index is 12.2. The molecule has 1 aromatic carbocycles. The molecule has 0 radical (unpaired) electrons. The van der Waals surface area contributed by atoms with Crippen LogP contribution in [0, 0.1) is 0 Å². The van der Waals surface area contributed by atoms with E-state index in [1.54, 1.807) is 12.1 Å². The minimum absolute atomic E-state index is 0.0139. The lowest BCUT2D eigenvalue weighted by atomic mass is 10.0. The summed E-state index contributed by atoms with van der Waals surface area (Å²) < 4.78 is 33.4. The lowest BCUT2D eigenvalue weighted by Crippen LogP contribution is -2.47. The molecule has 2 heterocycles. The summed E-state index contributed by atoms with van der Waals surface area (Å²) >= 11 is 0. The van der Waals surface area contributed by atoms with Crippen molar-refractivity contribution in [3.8, 4) is 5.75 Å². The Morgan fingerprint density at radius 3 is 2.79 bits per heavy atom. The maximum absolute atomic E-state index is 12.2. The molecule has 6 nitrogen and oxygen atoms in total. The maximum Gasteiger partial charge on any atom is 0.387 e. The zero-order valence-corrected chi connectivity index (χ0v) is 12.8. The van der Waals surface area contributed by atoms with Crippen LogP contribution >= 0.6 is 0 Å². The van der Waals surface area contributed by atoms with Crippen LogP contribution < -0.4 is 15.0 Å². The van der Waals surface area contributed by atoms with Gasteiger partial charge in [-0.3, -0.25) is 4.79 Å². The van der Waals surface area contributed by atoms with Crippen molar-refractivity contribution in [2.45, 2.75) is 25.5 Å². The Bertz CT molecular complexity index is 662. The number of ether oxygens (including phenoxy) is 1. The molecule has 128 valence electrons. The Labute approximate surface area is 137 Å². The van der Waals surface area contributed by atoms with Crippen LogP contribution in [0.15, 0.2) is 41.1 Å². The molecule has 0 aliphatic carbocycles. The number of nitrogens with one attached hydrogen (secondary N) is 1. The zero-order valence-electron chi connectivity index (χ0n) is 12.8. The van der Waals surface area contributed by atoms with Gasteiger partial charge < -0.3 is 19.5 Å². The van der Waals surface area contributed by atoms with E-state index < -0.39 is 6.61 Å². The first-order chi connectivity index (χ1) is 11.6. The molecular formula is C16H17F2N3O3. The van der Waals surface area contributed by atoms with Gasteiger partial charge in [-0.2, -0.15) is 8.78 Å². The molecule has 8 heteroatoms. The third-order valence-corrected chi connectivity index (χ3v) is 3.85. The molecule has 0 saturated carbocycles. The number of anilines is 1. The van der Waals surface area contributed by atoms with Crippen LogP contribution in [0.3, 0.4) is 0 Å². The number of halogens is 2. The fourth-order valence-corrected chi connectivity index (χ4v) is 2.76. The molecule has 0 spiro atoms. The average molecular weight is 337 g/mol. The highest BCUT2D eigenvalue weighted by Gasteiger charge is 2.23. The zero-order chi connectivity index (χ0) is 16.9. The van der Waals surface area contributed by atoms with Crippen molar-refractivity contribution in [3.63, 3.8) is 0 Å². The summed E-state index contributed by atoms with van der Waals surface area (Å²) in [5, 5.41) is 6.55. The minimum atomic E-state index is -2.83. The van der Waals surface area contributed by atoms with Gasteiger partial charge in [0.2, 0.25) is 0 Å². The van der Waals surface area contributed by atoms with Crippen molar-refractivity contribution in [1.29, 1.82) is 0 Å². The minimum Gasteiger partial charge on any atom is -0.435 e. The van der Waals surface area contributed by atoms with Crippen molar-refractivity contribution in [1.82, 2.24) is 10.5 Å². The van der Waals surface area contributed by atoms with E-state index in [1.165, 1.54) is 24.5 Å². The highest BCUT2D eigenvalue weighted by molar-refractivity contribution is 5.92. The van der Waals surface area contributed by atoms with E-state index in [9.17, 15) is 13.6 Å². The summed E-state index contributed by atoms with van der Waals surface area (Å²) in [6.45, 7) is -1.36. The number of carbonyl (C=O) groups is 1. The number of benzene rings is 1. The fraction of sp³-hybridized carbons (Fsp3) is 0.375. The highest BCUT2D eigenvalue weighted by atomic mass is 19.3. The summed E-state index contributed by atoms with van der Waals surface area (Å²) in [7, 11) is 0. The normalized spacial score (nSPS) is 17.8. The van der Waals surface area contributed by atoms with Crippen LogP contribution in [-0.2, 0) is 0 Å². The summed E-state index contributed by atoms with van der Waals surface area (Å²) in [6.07, 6.45) is 3.14. The molecule has 1 saturated heterocycles. The number of alkyl halides is 2. The lowest BCUT2D eigenvalue weighted by molar-refractivity contribution is -0.0498. The largest absolute Gasteiger partial charge is 0.435 e.